The van der Waals surface area contributed by atoms with Gasteiger partial charge in [0.25, 0.3) is 5.91 Å². The molecule has 0 fully saturated rings. The summed E-state index contributed by atoms with van der Waals surface area (Å²) in [4.78, 5) is 33.8. The number of hydrogen-bond acceptors (Lipinski definition) is 9. The molecule has 35 heavy (non-hydrogen) atoms. The van der Waals surface area contributed by atoms with Gasteiger partial charge >= 0.3 is 0 Å². The van der Waals surface area contributed by atoms with E-state index < -0.39 is 0 Å². The monoisotopic (exact) mass is 467 g/mol. The molecule has 0 aliphatic rings. The van der Waals surface area contributed by atoms with E-state index >= 15 is 0 Å². The Morgan fingerprint density at radius 1 is 1.03 bits per heavy atom. The third kappa shape index (κ3) is 4.98. The van der Waals surface area contributed by atoms with Crippen molar-refractivity contribution in [2.45, 2.75) is 6.54 Å². The van der Waals surface area contributed by atoms with Crippen LogP contribution in [0, 0.1) is 0 Å². The van der Waals surface area contributed by atoms with E-state index in [4.69, 9.17) is 10.5 Å². The number of nitrogens with zero attached hydrogens (tertiary/aromatic N) is 6. The fourth-order valence-electron chi connectivity index (χ4n) is 3.45. The highest BCUT2D eigenvalue weighted by Crippen LogP contribution is 2.20. The van der Waals surface area contributed by atoms with Gasteiger partial charge in [-0.1, -0.05) is 12.1 Å². The largest absolute Gasteiger partial charge is 0.497 e. The van der Waals surface area contributed by atoms with Crippen molar-refractivity contribution in [1.82, 2.24) is 34.6 Å². The molecule has 11 nitrogen and oxygen atoms in total. The first-order valence-corrected chi connectivity index (χ1v) is 10.7. The summed E-state index contributed by atoms with van der Waals surface area (Å²) in [6.45, 7) is 0.365. The van der Waals surface area contributed by atoms with Crippen LogP contribution in [0.3, 0.4) is 0 Å². The number of methoxy groups -OCH3 is 1. The van der Waals surface area contributed by atoms with Gasteiger partial charge in [-0.25, -0.2) is 19.9 Å². The molecule has 0 radical (unpaired) electrons. The second kappa shape index (κ2) is 9.43. The maximum absolute atomic E-state index is 12.7. The Balaban J connectivity index is 1.32. The SMILES string of the molecule is COc1cccc(CNC(=O)c2cn3cc(-c4ccnc(Nc5ccnc(N)n5)n4)ccc3n2)c1. The predicted molar refractivity (Wildman–Crippen MR) is 130 cm³/mol. The molecule has 0 atom stereocenters. The van der Waals surface area contributed by atoms with Crippen molar-refractivity contribution in [2.24, 2.45) is 0 Å². The summed E-state index contributed by atoms with van der Waals surface area (Å²) < 4.78 is 7.01. The minimum Gasteiger partial charge on any atom is -0.497 e. The number of ether oxygens (including phenoxy) is 1. The second-order valence-corrected chi connectivity index (χ2v) is 7.53. The Morgan fingerprint density at radius 3 is 2.77 bits per heavy atom. The molecule has 0 saturated carbocycles. The molecule has 0 saturated heterocycles. The lowest BCUT2D eigenvalue weighted by atomic mass is 10.2. The van der Waals surface area contributed by atoms with Crippen LogP contribution in [0.5, 0.6) is 5.75 Å². The first-order valence-electron chi connectivity index (χ1n) is 10.7. The molecule has 4 heterocycles. The summed E-state index contributed by atoms with van der Waals surface area (Å²) in [6.07, 6.45) is 6.73. The normalized spacial score (nSPS) is 10.8. The molecule has 5 rings (SSSR count). The molecule has 4 N–H and O–H groups in total. The molecular formula is C24H21N9O2. The summed E-state index contributed by atoms with van der Waals surface area (Å²) in [6, 6.07) is 14.7. The Morgan fingerprint density at radius 2 is 1.91 bits per heavy atom. The zero-order valence-corrected chi connectivity index (χ0v) is 18.7. The summed E-state index contributed by atoms with van der Waals surface area (Å²) >= 11 is 0. The number of benzene rings is 1. The van der Waals surface area contributed by atoms with Gasteiger partial charge in [0.1, 0.15) is 22.9 Å². The second-order valence-electron chi connectivity index (χ2n) is 7.53. The average Bonchev–Trinajstić information content (AvgIpc) is 3.31. The van der Waals surface area contributed by atoms with E-state index in [1.165, 1.54) is 0 Å². The van der Waals surface area contributed by atoms with Gasteiger partial charge in [0, 0.05) is 36.9 Å². The van der Waals surface area contributed by atoms with Crippen LogP contribution in [0.1, 0.15) is 16.1 Å². The summed E-state index contributed by atoms with van der Waals surface area (Å²) in [5, 5.41) is 5.90. The molecule has 0 aliphatic heterocycles. The minimum absolute atomic E-state index is 0.153. The lowest BCUT2D eigenvalue weighted by Gasteiger charge is -2.06. The van der Waals surface area contributed by atoms with Gasteiger partial charge in [0.15, 0.2) is 0 Å². The number of rotatable bonds is 7. The highest BCUT2D eigenvalue weighted by atomic mass is 16.5. The van der Waals surface area contributed by atoms with Crippen molar-refractivity contribution >= 4 is 29.3 Å². The quantitative estimate of drug-likeness (QED) is 0.329. The van der Waals surface area contributed by atoms with E-state index in [-0.39, 0.29) is 11.9 Å². The highest BCUT2D eigenvalue weighted by molar-refractivity contribution is 5.92. The first-order chi connectivity index (χ1) is 17.1. The fraction of sp³-hybridized carbons (Fsp3) is 0.0833. The lowest BCUT2D eigenvalue weighted by molar-refractivity contribution is 0.0946. The maximum Gasteiger partial charge on any atom is 0.271 e. The van der Waals surface area contributed by atoms with Crippen molar-refractivity contribution in [3.63, 3.8) is 0 Å². The summed E-state index contributed by atoms with van der Waals surface area (Å²) in [5.74, 6) is 1.48. The summed E-state index contributed by atoms with van der Waals surface area (Å²) in [7, 11) is 1.61. The molecular weight excluding hydrogens is 446 g/mol. The van der Waals surface area contributed by atoms with E-state index in [0.717, 1.165) is 16.9 Å². The minimum atomic E-state index is -0.268. The summed E-state index contributed by atoms with van der Waals surface area (Å²) in [5.41, 5.74) is 9.02. The van der Waals surface area contributed by atoms with Crippen LogP contribution in [0.15, 0.2) is 73.3 Å². The third-order valence-electron chi connectivity index (χ3n) is 5.14. The van der Waals surface area contributed by atoms with Crippen LogP contribution in [0.2, 0.25) is 0 Å². The molecule has 0 aliphatic carbocycles. The fourth-order valence-corrected chi connectivity index (χ4v) is 3.45. The van der Waals surface area contributed by atoms with Gasteiger partial charge in [-0.3, -0.25) is 4.79 Å². The Labute approximate surface area is 200 Å². The van der Waals surface area contributed by atoms with E-state index in [1.807, 2.05) is 42.6 Å². The van der Waals surface area contributed by atoms with Gasteiger partial charge in [-0.05, 0) is 42.0 Å². The van der Waals surface area contributed by atoms with Gasteiger partial charge < -0.3 is 25.5 Å². The van der Waals surface area contributed by atoms with Gasteiger partial charge in [0.2, 0.25) is 11.9 Å². The third-order valence-corrected chi connectivity index (χ3v) is 5.14. The standard InChI is InChI=1S/C24H21N9O2/c1-35-17-4-2-3-15(11-17)12-28-22(34)19-14-33-13-16(5-6-21(33)29-19)18-7-9-27-24(30-18)32-20-8-10-26-23(25)31-20/h2-11,13-14H,12H2,1H3,(H,28,34)(H3,25,26,27,30,31,32). The number of carbonyl (C=O) groups is 1. The van der Waals surface area contributed by atoms with Crippen LogP contribution in [0.4, 0.5) is 17.7 Å². The molecule has 1 amide bonds. The number of fused-ring (bicyclic) bond motifs is 1. The molecule has 174 valence electrons. The number of aromatic nitrogens is 6. The molecule has 0 bridgehead atoms. The van der Waals surface area contributed by atoms with E-state index in [2.05, 4.69) is 35.6 Å². The van der Waals surface area contributed by atoms with Crippen LogP contribution < -0.4 is 21.1 Å². The van der Waals surface area contributed by atoms with E-state index in [0.29, 0.717) is 35.3 Å². The van der Waals surface area contributed by atoms with Gasteiger partial charge in [-0.2, -0.15) is 4.98 Å². The molecule has 0 unspecified atom stereocenters. The van der Waals surface area contributed by atoms with Crippen molar-refractivity contribution in [1.29, 1.82) is 0 Å². The average molecular weight is 467 g/mol. The van der Waals surface area contributed by atoms with Crippen LogP contribution in [-0.2, 0) is 6.54 Å². The number of hydrogen-bond donors (Lipinski definition) is 3. The lowest BCUT2D eigenvalue weighted by Crippen LogP contribution is -2.23. The van der Waals surface area contributed by atoms with Crippen LogP contribution in [-0.4, -0.2) is 42.3 Å². The number of nitrogen functional groups attached to an aromatic ring is 1. The number of nitrogens with two attached hydrogens (primary N) is 1. The van der Waals surface area contributed by atoms with E-state index in [9.17, 15) is 4.79 Å². The van der Waals surface area contributed by atoms with Crippen molar-refractivity contribution in [3.05, 3.63) is 84.6 Å². The Kier molecular flexibility index (Phi) is 5.87. The number of anilines is 3. The molecule has 11 heteroatoms. The van der Waals surface area contributed by atoms with Crippen molar-refractivity contribution in [2.75, 3.05) is 18.2 Å². The van der Waals surface area contributed by atoms with Crippen LogP contribution in [0.25, 0.3) is 16.9 Å². The number of pyridine rings is 1. The van der Waals surface area contributed by atoms with Gasteiger partial charge in [-0.15, -0.1) is 0 Å². The van der Waals surface area contributed by atoms with Crippen LogP contribution >= 0.6 is 0 Å². The first kappa shape index (κ1) is 21.8. The molecule has 4 aromatic heterocycles. The maximum atomic E-state index is 12.7. The number of carbonyl (C=O) groups excluding carboxylic acids is 1. The van der Waals surface area contributed by atoms with E-state index in [1.54, 1.807) is 42.2 Å². The number of nitrogens with one attached hydrogen (secondary N) is 2. The topological polar surface area (TPSA) is 145 Å². The zero-order chi connectivity index (χ0) is 24.2. The van der Waals surface area contributed by atoms with Crippen molar-refractivity contribution in [3.8, 4) is 17.0 Å². The predicted octanol–water partition coefficient (Wildman–Crippen LogP) is 2.85. The molecule has 5 aromatic rings. The Bertz CT molecular complexity index is 1520. The molecule has 1 aromatic carbocycles. The number of imidazole rings is 1. The molecule has 0 spiro atoms. The van der Waals surface area contributed by atoms with Crippen molar-refractivity contribution < 1.29 is 9.53 Å². The van der Waals surface area contributed by atoms with Gasteiger partial charge in [0.05, 0.1) is 12.8 Å². The smallest absolute Gasteiger partial charge is 0.271 e. The Hall–Kier alpha value is -5.06. The highest BCUT2D eigenvalue weighted by Gasteiger charge is 2.12. The zero-order valence-electron chi connectivity index (χ0n) is 18.7. The number of amides is 1.